The van der Waals surface area contributed by atoms with Gasteiger partial charge in [0, 0.05) is 24.8 Å². The molecule has 0 aliphatic carbocycles. The molecule has 2 N–H and O–H groups in total. The molecule has 0 unspecified atom stereocenters. The number of nitrogens with zero attached hydrogens (tertiary/aromatic N) is 3. The van der Waals surface area contributed by atoms with E-state index in [4.69, 9.17) is 9.26 Å². The van der Waals surface area contributed by atoms with Gasteiger partial charge in [0.15, 0.2) is 0 Å². The standard InChI is InChI=1S/C16H17N5O2/c1-2-4-12(5-3-1)18-16-19-15(23-21-16)13-10-17-20-14(13)11-6-8-22-9-7-11/h1-5,10-11H,6-9H2,(H,17,20)(H,18,21). The van der Waals surface area contributed by atoms with Crippen molar-refractivity contribution in [3.63, 3.8) is 0 Å². The van der Waals surface area contributed by atoms with E-state index in [1.165, 1.54) is 0 Å². The molecule has 1 saturated heterocycles. The van der Waals surface area contributed by atoms with Crippen molar-refractivity contribution in [2.75, 3.05) is 18.5 Å². The number of H-pyrrole nitrogens is 1. The van der Waals surface area contributed by atoms with Gasteiger partial charge in [0.05, 0.1) is 17.5 Å². The molecule has 1 fully saturated rings. The van der Waals surface area contributed by atoms with E-state index in [1.54, 1.807) is 6.20 Å². The molecular weight excluding hydrogens is 294 g/mol. The van der Waals surface area contributed by atoms with Gasteiger partial charge in [-0.05, 0) is 30.1 Å². The van der Waals surface area contributed by atoms with Crippen molar-refractivity contribution < 1.29 is 9.26 Å². The summed E-state index contributed by atoms with van der Waals surface area (Å²) in [4.78, 5) is 4.42. The van der Waals surface area contributed by atoms with Crippen LogP contribution >= 0.6 is 0 Å². The molecule has 23 heavy (non-hydrogen) atoms. The van der Waals surface area contributed by atoms with Gasteiger partial charge >= 0.3 is 0 Å². The van der Waals surface area contributed by atoms with Gasteiger partial charge in [0.25, 0.3) is 11.8 Å². The number of aromatic nitrogens is 4. The predicted molar refractivity (Wildman–Crippen MR) is 84.4 cm³/mol. The van der Waals surface area contributed by atoms with E-state index in [9.17, 15) is 0 Å². The summed E-state index contributed by atoms with van der Waals surface area (Å²) in [6, 6.07) is 9.74. The number of aromatic amines is 1. The zero-order chi connectivity index (χ0) is 15.5. The molecule has 3 heterocycles. The molecule has 0 saturated carbocycles. The van der Waals surface area contributed by atoms with Crippen molar-refractivity contribution in [2.24, 2.45) is 0 Å². The Morgan fingerprint density at radius 2 is 1.96 bits per heavy atom. The minimum absolute atomic E-state index is 0.388. The molecule has 1 aliphatic heterocycles. The van der Waals surface area contributed by atoms with Crippen LogP contribution in [-0.4, -0.2) is 33.6 Å². The molecule has 0 amide bonds. The van der Waals surface area contributed by atoms with Crippen LogP contribution in [0.4, 0.5) is 11.6 Å². The number of anilines is 2. The zero-order valence-electron chi connectivity index (χ0n) is 12.5. The van der Waals surface area contributed by atoms with Gasteiger partial charge in [-0.25, -0.2) is 0 Å². The normalized spacial score (nSPS) is 15.7. The van der Waals surface area contributed by atoms with Gasteiger partial charge in [-0.1, -0.05) is 18.2 Å². The lowest BCUT2D eigenvalue weighted by Gasteiger charge is -2.21. The summed E-state index contributed by atoms with van der Waals surface area (Å²) in [6.07, 6.45) is 3.68. The van der Waals surface area contributed by atoms with Gasteiger partial charge in [0.1, 0.15) is 0 Å². The van der Waals surface area contributed by atoms with E-state index >= 15 is 0 Å². The fourth-order valence-electron chi connectivity index (χ4n) is 2.80. The second-order valence-corrected chi connectivity index (χ2v) is 5.50. The predicted octanol–water partition coefficient (Wildman–Crippen LogP) is 3.10. The second-order valence-electron chi connectivity index (χ2n) is 5.50. The lowest BCUT2D eigenvalue weighted by molar-refractivity contribution is 0.0845. The molecule has 7 nitrogen and oxygen atoms in total. The Morgan fingerprint density at radius 1 is 1.13 bits per heavy atom. The van der Waals surface area contributed by atoms with Gasteiger partial charge < -0.3 is 14.6 Å². The van der Waals surface area contributed by atoms with Gasteiger partial charge in [-0.2, -0.15) is 10.1 Å². The molecular formula is C16H17N5O2. The number of para-hydroxylation sites is 1. The van der Waals surface area contributed by atoms with E-state index < -0.39 is 0 Å². The molecule has 3 aromatic rings. The molecule has 4 rings (SSSR count). The highest BCUT2D eigenvalue weighted by molar-refractivity contribution is 5.59. The lowest BCUT2D eigenvalue weighted by Crippen LogP contribution is -2.15. The van der Waals surface area contributed by atoms with Crippen LogP contribution in [0.1, 0.15) is 24.5 Å². The largest absolute Gasteiger partial charge is 0.381 e. The maximum absolute atomic E-state index is 5.42. The molecule has 0 spiro atoms. The molecule has 0 bridgehead atoms. The van der Waals surface area contributed by atoms with Crippen LogP contribution in [0, 0.1) is 0 Å². The fourth-order valence-corrected chi connectivity index (χ4v) is 2.80. The Balaban J connectivity index is 1.56. The van der Waals surface area contributed by atoms with Crippen LogP contribution in [0.5, 0.6) is 0 Å². The smallest absolute Gasteiger partial charge is 0.268 e. The highest BCUT2D eigenvalue weighted by Gasteiger charge is 2.24. The summed E-state index contributed by atoms with van der Waals surface area (Å²) in [6.45, 7) is 1.54. The molecule has 7 heteroatoms. The van der Waals surface area contributed by atoms with Crippen LogP contribution in [-0.2, 0) is 4.74 Å². The molecule has 2 aromatic heterocycles. The second kappa shape index (κ2) is 6.21. The number of hydrogen-bond donors (Lipinski definition) is 2. The first-order valence-corrected chi connectivity index (χ1v) is 7.67. The van der Waals surface area contributed by atoms with Crippen LogP contribution in [0.2, 0.25) is 0 Å². The van der Waals surface area contributed by atoms with Crippen molar-refractivity contribution in [3.05, 3.63) is 42.2 Å². The minimum Gasteiger partial charge on any atom is -0.381 e. The zero-order valence-corrected chi connectivity index (χ0v) is 12.5. The Labute approximate surface area is 133 Å². The summed E-state index contributed by atoms with van der Waals surface area (Å²) < 4.78 is 10.8. The first-order chi connectivity index (χ1) is 11.4. The van der Waals surface area contributed by atoms with E-state index in [-0.39, 0.29) is 0 Å². The van der Waals surface area contributed by atoms with Crippen molar-refractivity contribution in [2.45, 2.75) is 18.8 Å². The molecule has 0 atom stereocenters. The van der Waals surface area contributed by atoms with E-state index in [1.807, 2.05) is 30.3 Å². The van der Waals surface area contributed by atoms with Crippen LogP contribution in [0.15, 0.2) is 41.1 Å². The van der Waals surface area contributed by atoms with Crippen LogP contribution in [0.3, 0.4) is 0 Å². The Hall–Kier alpha value is -2.67. The number of nitrogens with one attached hydrogen (secondary N) is 2. The fraction of sp³-hybridized carbons (Fsp3) is 0.312. The van der Waals surface area contributed by atoms with E-state index in [2.05, 4.69) is 25.7 Å². The maximum atomic E-state index is 5.42. The number of benzene rings is 1. The third kappa shape index (κ3) is 2.95. The summed E-state index contributed by atoms with van der Waals surface area (Å²) in [5.41, 5.74) is 2.82. The average Bonchev–Trinajstić information content (AvgIpc) is 3.25. The highest BCUT2D eigenvalue weighted by Crippen LogP contribution is 2.32. The third-order valence-electron chi connectivity index (χ3n) is 3.98. The maximum Gasteiger partial charge on any atom is 0.268 e. The SMILES string of the molecule is c1ccc(Nc2noc(-c3cn[nH]c3C3CCOCC3)n2)cc1. The monoisotopic (exact) mass is 311 g/mol. The quantitative estimate of drug-likeness (QED) is 0.769. The number of ether oxygens (including phenoxy) is 1. The van der Waals surface area contributed by atoms with Crippen LogP contribution in [0.25, 0.3) is 11.5 Å². The number of rotatable bonds is 4. The average molecular weight is 311 g/mol. The Morgan fingerprint density at radius 3 is 2.78 bits per heavy atom. The molecule has 0 radical (unpaired) electrons. The minimum atomic E-state index is 0.388. The van der Waals surface area contributed by atoms with E-state index in [0.29, 0.717) is 17.8 Å². The molecule has 1 aromatic carbocycles. The number of hydrogen-bond acceptors (Lipinski definition) is 6. The Bertz CT molecular complexity index is 762. The van der Waals surface area contributed by atoms with Crippen molar-refractivity contribution >= 4 is 11.6 Å². The summed E-state index contributed by atoms with van der Waals surface area (Å²) in [7, 11) is 0. The lowest BCUT2D eigenvalue weighted by atomic mass is 9.94. The van der Waals surface area contributed by atoms with Crippen LogP contribution < -0.4 is 5.32 Å². The van der Waals surface area contributed by atoms with Crippen molar-refractivity contribution in [1.29, 1.82) is 0 Å². The van der Waals surface area contributed by atoms with Crippen molar-refractivity contribution in [3.8, 4) is 11.5 Å². The third-order valence-corrected chi connectivity index (χ3v) is 3.98. The molecule has 1 aliphatic rings. The summed E-state index contributed by atoms with van der Waals surface area (Å²) in [5.74, 6) is 1.29. The summed E-state index contributed by atoms with van der Waals surface area (Å²) in [5, 5.41) is 14.3. The topological polar surface area (TPSA) is 88.9 Å². The van der Waals surface area contributed by atoms with E-state index in [0.717, 1.165) is 43.0 Å². The Kier molecular flexibility index (Phi) is 3.77. The van der Waals surface area contributed by atoms with Gasteiger partial charge in [0.2, 0.25) is 0 Å². The highest BCUT2D eigenvalue weighted by atomic mass is 16.5. The van der Waals surface area contributed by atoms with Gasteiger partial charge in [-0.3, -0.25) is 5.10 Å². The summed E-state index contributed by atoms with van der Waals surface area (Å²) >= 11 is 0. The first kappa shape index (κ1) is 14.0. The molecule has 118 valence electrons. The van der Waals surface area contributed by atoms with Gasteiger partial charge in [-0.15, -0.1) is 0 Å². The first-order valence-electron chi connectivity index (χ1n) is 7.67. The van der Waals surface area contributed by atoms with Crippen molar-refractivity contribution in [1.82, 2.24) is 20.3 Å².